The zero-order chi connectivity index (χ0) is 15.7. The normalized spacial score (nSPS) is 14.2. The summed E-state index contributed by atoms with van der Waals surface area (Å²) in [7, 11) is 0. The van der Waals surface area contributed by atoms with Gasteiger partial charge in [-0.15, -0.1) is 0 Å². The summed E-state index contributed by atoms with van der Waals surface area (Å²) in [4.78, 5) is 27.3. The van der Waals surface area contributed by atoms with Crippen LogP contribution in [0.15, 0.2) is 36.4 Å². The fourth-order valence-electron chi connectivity index (χ4n) is 3.45. The van der Waals surface area contributed by atoms with Gasteiger partial charge in [-0.3, -0.25) is 14.5 Å². The Labute approximate surface area is 130 Å². The van der Waals surface area contributed by atoms with Crippen molar-refractivity contribution in [1.29, 1.82) is 0 Å². The van der Waals surface area contributed by atoms with E-state index in [4.69, 9.17) is 0 Å². The van der Waals surface area contributed by atoms with Crippen LogP contribution in [0.2, 0.25) is 0 Å². The van der Waals surface area contributed by atoms with Gasteiger partial charge in [0.05, 0.1) is 0 Å². The van der Waals surface area contributed by atoms with Crippen LogP contribution in [0.4, 0.5) is 0 Å². The summed E-state index contributed by atoms with van der Waals surface area (Å²) in [6.07, 6.45) is 3.66. The van der Waals surface area contributed by atoms with Crippen LogP contribution in [0, 0.1) is 0 Å². The molecule has 0 spiro atoms. The van der Waals surface area contributed by atoms with E-state index >= 15 is 0 Å². The number of benzene rings is 2. The molecule has 0 unspecified atom stereocenters. The van der Waals surface area contributed by atoms with Crippen molar-refractivity contribution in [1.82, 2.24) is 4.90 Å². The number of rotatable bonds is 5. The van der Waals surface area contributed by atoms with Crippen molar-refractivity contribution < 1.29 is 9.59 Å². The quantitative estimate of drug-likeness (QED) is 0.766. The van der Waals surface area contributed by atoms with E-state index in [9.17, 15) is 9.59 Å². The lowest BCUT2D eigenvalue weighted by molar-refractivity contribution is 0.0521. The fourth-order valence-corrected chi connectivity index (χ4v) is 3.45. The molecule has 0 bridgehead atoms. The number of hydrogen-bond donors (Lipinski definition) is 0. The Morgan fingerprint density at radius 3 is 1.82 bits per heavy atom. The minimum Gasteiger partial charge on any atom is -0.271 e. The average molecular weight is 295 g/mol. The number of hydrogen-bond acceptors (Lipinski definition) is 2. The number of carbonyl (C=O) groups excluding carboxylic acids is 2. The van der Waals surface area contributed by atoms with Crippen LogP contribution in [0.3, 0.4) is 0 Å². The van der Waals surface area contributed by atoms with Crippen molar-refractivity contribution in [3.05, 3.63) is 47.5 Å². The summed E-state index contributed by atoms with van der Waals surface area (Å²) in [5, 5.41) is 1.77. The van der Waals surface area contributed by atoms with Crippen LogP contribution in [0.5, 0.6) is 0 Å². The predicted octanol–water partition coefficient (Wildman–Crippen LogP) is 4.40. The van der Waals surface area contributed by atoms with Gasteiger partial charge in [0.1, 0.15) is 0 Å². The van der Waals surface area contributed by atoms with Gasteiger partial charge in [-0.2, -0.15) is 0 Å². The highest BCUT2D eigenvalue weighted by molar-refractivity contribution is 6.25. The lowest BCUT2D eigenvalue weighted by Crippen LogP contribution is -2.47. The van der Waals surface area contributed by atoms with E-state index in [0.29, 0.717) is 11.1 Å². The second-order valence-electron chi connectivity index (χ2n) is 5.92. The number of imide groups is 1. The van der Waals surface area contributed by atoms with Gasteiger partial charge in [-0.25, -0.2) is 0 Å². The van der Waals surface area contributed by atoms with Crippen molar-refractivity contribution in [3.8, 4) is 0 Å². The van der Waals surface area contributed by atoms with E-state index in [0.717, 1.165) is 36.5 Å². The summed E-state index contributed by atoms with van der Waals surface area (Å²) >= 11 is 0. The van der Waals surface area contributed by atoms with Crippen LogP contribution >= 0.6 is 0 Å². The summed E-state index contributed by atoms with van der Waals surface area (Å²) in [6, 6.07) is 11.4. The molecule has 2 aromatic rings. The molecular formula is C19H21NO2. The number of amides is 2. The van der Waals surface area contributed by atoms with E-state index in [2.05, 4.69) is 13.8 Å². The molecule has 0 atom stereocenters. The fraction of sp³-hybridized carbons (Fsp3) is 0.368. The standard InChI is InChI=1S/C19H21NO2/c1-3-7-14(8-4-2)20-18(21)15-11-5-9-13-10-6-12-16(17(13)15)19(20)22/h5-6,9-12,14H,3-4,7-8H2,1-2H3. The maximum atomic E-state index is 12.9. The van der Waals surface area contributed by atoms with E-state index in [1.807, 2.05) is 36.4 Å². The van der Waals surface area contributed by atoms with E-state index in [-0.39, 0.29) is 17.9 Å². The SMILES string of the molecule is CCCC(CCC)N1C(=O)c2cccc3cccc(c23)C1=O. The molecule has 0 radical (unpaired) electrons. The summed E-state index contributed by atoms with van der Waals surface area (Å²) < 4.78 is 0. The zero-order valence-electron chi connectivity index (χ0n) is 13.1. The van der Waals surface area contributed by atoms with Crippen LogP contribution < -0.4 is 0 Å². The predicted molar refractivity (Wildman–Crippen MR) is 88.1 cm³/mol. The largest absolute Gasteiger partial charge is 0.271 e. The van der Waals surface area contributed by atoms with Crippen LogP contribution in [-0.2, 0) is 0 Å². The Morgan fingerprint density at radius 2 is 1.36 bits per heavy atom. The van der Waals surface area contributed by atoms with E-state index in [1.165, 1.54) is 4.90 Å². The molecule has 22 heavy (non-hydrogen) atoms. The molecule has 0 saturated carbocycles. The maximum absolute atomic E-state index is 12.9. The Hall–Kier alpha value is -2.16. The summed E-state index contributed by atoms with van der Waals surface area (Å²) in [6.45, 7) is 4.19. The first-order chi connectivity index (χ1) is 10.7. The van der Waals surface area contributed by atoms with Gasteiger partial charge in [-0.05, 0) is 30.4 Å². The molecule has 3 nitrogen and oxygen atoms in total. The third-order valence-electron chi connectivity index (χ3n) is 4.41. The summed E-state index contributed by atoms with van der Waals surface area (Å²) in [5.74, 6) is -0.276. The molecule has 0 N–H and O–H groups in total. The molecule has 2 amide bonds. The molecule has 3 heteroatoms. The Bertz CT molecular complexity index is 679. The molecule has 1 aliphatic heterocycles. The maximum Gasteiger partial charge on any atom is 0.261 e. The van der Waals surface area contributed by atoms with Crippen molar-refractivity contribution >= 4 is 22.6 Å². The average Bonchev–Trinajstić information content (AvgIpc) is 2.53. The highest BCUT2D eigenvalue weighted by Gasteiger charge is 2.36. The Balaban J connectivity index is 2.14. The third kappa shape index (κ3) is 2.21. The van der Waals surface area contributed by atoms with E-state index < -0.39 is 0 Å². The molecule has 114 valence electrons. The molecular weight excluding hydrogens is 274 g/mol. The Kier molecular flexibility index (Phi) is 3.97. The highest BCUT2D eigenvalue weighted by Crippen LogP contribution is 2.32. The van der Waals surface area contributed by atoms with Crippen LogP contribution in [-0.4, -0.2) is 22.8 Å². The molecule has 0 aliphatic carbocycles. The molecule has 1 heterocycles. The molecule has 2 aromatic carbocycles. The lowest BCUT2D eigenvalue weighted by atomic mass is 9.92. The molecule has 3 rings (SSSR count). The zero-order valence-corrected chi connectivity index (χ0v) is 13.1. The summed E-state index contributed by atoms with van der Waals surface area (Å²) in [5.41, 5.74) is 1.31. The first-order valence-electron chi connectivity index (χ1n) is 8.08. The van der Waals surface area contributed by atoms with Crippen molar-refractivity contribution in [2.24, 2.45) is 0 Å². The van der Waals surface area contributed by atoms with Gasteiger partial charge in [0.25, 0.3) is 11.8 Å². The first kappa shape index (κ1) is 14.8. The number of nitrogens with zero attached hydrogens (tertiary/aromatic N) is 1. The van der Waals surface area contributed by atoms with Crippen LogP contribution in [0.1, 0.15) is 60.2 Å². The van der Waals surface area contributed by atoms with Crippen LogP contribution in [0.25, 0.3) is 10.8 Å². The van der Waals surface area contributed by atoms with Crippen molar-refractivity contribution in [2.75, 3.05) is 0 Å². The van der Waals surface area contributed by atoms with Gasteiger partial charge >= 0.3 is 0 Å². The molecule has 0 fully saturated rings. The number of carbonyl (C=O) groups is 2. The third-order valence-corrected chi connectivity index (χ3v) is 4.41. The Morgan fingerprint density at radius 1 is 0.864 bits per heavy atom. The second-order valence-corrected chi connectivity index (χ2v) is 5.92. The highest BCUT2D eigenvalue weighted by atomic mass is 16.2. The van der Waals surface area contributed by atoms with Gasteiger partial charge in [-0.1, -0.05) is 51.0 Å². The minimum atomic E-state index is -0.138. The minimum absolute atomic E-state index is 0.00128. The van der Waals surface area contributed by atoms with Crippen molar-refractivity contribution in [2.45, 2.75) is 45.6 Å². The monoisotopic (exact) mass is 295 g/mol. The van der Waals surface area contributed by atoms with Gasteiger partial charge < -0.3 is 0 Å². The smallest absolute Gasteiger partial charge is 0.261 e. The van der Waals surface area contributed by atoms with Gasteiger partial charge in [0, 0.05) is 22.6 Å². The van der Waals surface area contributed by atoms with Crippen molar-refractivity contribution in [3.63, 3.8) is 0 Å². The molecule has 0 aromatic heterocycles. The molecule has 1 aliphatic rings. The topological polar surface area (TPSA) is 37.4 Å². The van der Waals surface area contributed by atoms with E-state index in [1.54, 1.807) is 0 Å². The van der Waals surface area contributed by atoms with Gasteiger partial charge in [0.2, 0.25) is 0 Å². The molecule has 0 saturated heterocycles. The van der Waals surface area contributed by atoms with Gasteiger partial charge in [0.15, 0.2) is 0 Å². The first-order valence-corrected chi connectivity index (χ1v) is 8.08. The second kappa shape index (κ2) is 5.91. The lowest BCUT2D eigenvalue weighted by Gasteiger charge is -2.33.